The van der Waals surface area contributed by atoms with Crippen molar-refractivity contribution in [3.63, 3.8) is 0 Å². The van der Waals surface area contributed by atoms with E-state index in [1.165, 1.54) is 11.3 Å². The molecule has 0 amide bonds. The molecule has 1 aromatic carbocycles. The fourth-order valence-electron chi connectivity index (χ4n) is 1.05. The molecule has 0 saturated carbocycles. The number of ether oxygens (including phenoxy) is 1. The number of methoxy groups -OCH3 is 1. The van der Waals surface area contributed by atoms with E-state index < -0.39 is 0 Å². The van der Waals surface area contributed by atoms with E-state index in [0.717, 1.165) is 15.0 Å². The highest BCUT2D eigenvalue weighted by Crippen LogP contribution is 2.32. The van der Waals surface area contributed by atoms with E-state index in [1.54, 1.807) is 18.9 Å². The van der Waals surface area contributed by atoms with Crippen molar-refractivity contribution < 1.29 is 4.74 Å². The molecular weight excluding hydrogens is 250 g/mol. The third-order valence-electron chi connectivity index (χ3n) is 1.70. The van der Waals surface area contributed by atoms with Crippen LogP contribution < -0.4 is 4.74 Å². The second-order valence-corrected chi connectivity index (χ2v) is 5.28. The molecule has 0 aliphatic heterocycles. The number of thiazole rings is 1. The number of benzene rings is 1. The zero-order chi connectivity index (χ0) is 10.7. The fourth-order valence-corrected chi connectivity index (χ4v) is 3.06. The normalized spacial score (nSPS) is 10.3. The number of hydrogen-bond acceptors (Lipinski definition) is 4. The van der Waals surface area contributed by atoms with E-state index in [0.29, 0.717) is 5.15 Å². The molecule has 1 heterocycles. The van der Waals surface area contributed by atoms with Crippen molar-refractivity contribution in [3.8, 4) is 5.75 Å². The second kappa shape index (κ2) is 4.88. The minimum Gasteiger partial charge on any atom is -0.497 e. The summed E-state index contributed by atoms with van der Waals surface area (Å²) in [5.74, 6) is 0.850. The molecule has 2 nitrogen and oxygen atoms in total. The lowest BCUT2D eigenvalue weighted by Crippen LogP contribution is -1.81. The van der Waals surface area contributed by atoms with Crippen LogP contribution in [-0.2, 0) is 0 Å². The van der Waals surface area contributed by atoms with Gasteiger partial charge in [-0.25, -0.2) is 4.98 Å². The maximum absolute atomic E-state index is 5.75. The highest BCUT2D eigenvalue weighted by Gasteiger charge is 2.03. The summed E-state index contributed by atoms with van der Waals surface area (Å²) in [7, 11) is 1.66. The monoisotopic (exact) mass is 257 g/mol. The molecule has 0 radical (unpaired) electrons. The predicted octanol–water partition coefficient (Wildman–Crippen LogP) is 3.96. The van der Waals surface area contributed by atoms with Gasteiger partial charge < -0.3 is 4.74 Å². The fraction of sp³-hybridized carbons (Fsp3) is 0.100. The Bertz CT molecular complexity index is 458. The average Bonchev–Trinajstić information content (AvgIpc) is 2.64. The van der Waals surface area contributed by atoms with Crippen molar-refractivity contribution in [1.82, 2.24) is 4.98 Å². The molecule has 2 rings (SSSR count). The van der Waals surface area contributed by atoms with Crippen molar-refractivity contribution in [2.75, 3.05) is 7.11 Å². The summed E-state index contributed by atoms with van der Waals surface area (Å²) in [4.78, 5) is 5.27. The lowest BCUT2D eigenvalue weighted by atomic mass is 10.3. The third kappa shape index (κ3) is 2.87. The first kappa shape index (κ1) is 10.8. The van der Waals surface area contributed by atoms with Crippen molar-refractivity contribution in [2.45, 2.75) is 9.24 Å². The molecule has 78 valence electrons. The molecule has 0 spiro atoms. The Labute approximate surface area is 101 Å². The summed E-state index contributed by atoms with van der Waals surface area (Å²) < 4.78 is 6.08. The van der Waals surface area contributed by atoms with Gasteiger partial charge in [-0.1, -0.05) is 29.4 Å². The molecule has 0 unspecified atom stereocenters. The Balaban J connectivity index is 2.16. The van der Waals surface area contributed by atoms with Gasteiger partial charge in [-0.05, 0) is 18.2 Å². The molecule has 0 N–H and O–H groups in total. The van der Waals surface area contributed by atoms with Gasteiger partial charge in [0.1, 0.15) is 10.9 Å². The van der Waals surface area contributed by atoms with E-state index in [1.807, 2.05) is 29.6 Å². The van der Waals surface area contributed by atoms with Crippen LogP contribution in [0.25, 0.3) is 0 Å². The molecule has 0 aliphatic carbocycles. The molecule has 1 aromatic heterocycles. The van der Waals surface area contributed by atoms with E-state index in [2.05, 4.69) is 4.98 Å². The molecule has 0 saturated heterocycles. The first-order valence-electron chi connectivity index (χ1n) is 4.21. The number of halogens is 1. The minimum atomic E-state index is 0.547. The van der Waals surface area contributed by atoms with Crippen molar-refractivity contribution in [3.05, 3.63) is 34.8 Å². The van der Waals surface area contributed by atoms with Crippen molar-refractivity contribution in [1.29, 1.82) is 0 Å². The third-order valence-corrected chi connectivity index (χ3v) is 3.95. The lowest BCUT2D eigenvalue weighted by Gasteiger charge is -2.01. The smallest absolute Gasteiger partial charge is 0.156 e. The summed E-state index contributed by atoms with van der Waals surface area (Å²) in [5, 5.41) is 2.37. The van der Waals surface area contributed by atoms with E-state index in [4.69, 9.17) is 16.3 Å². The Morgan fingerprint density at radius 1 is 1.47 bits per heavy atom. The first-order chi connectivity index (χ1) is 7.28. The van der Waals surface area contributed by atoms with Gasteiger partial charge in [-0.3, -0.25) is 0 Å². The molecule has 0 atom stereocenters. The Morgan fingerprint density at radius 3 is 3.00 bits per heavy atom. The predicted molar refractivity (Wildman–Crippen MR) is 64.2 cm³/mol. The number of rotatable bonds is 3. The van der Waals surface area contributed by atoms with Gasteiger partial charge in [-0.15, -0.1) is 11.3 Å². The van der Waals surface area contributed by atoms with Crippen LogP contribution >= 0.6 is 34.7 Å². The quantitative estimate of drug-likeness (QED) is 0.831. The van der Waals surface area contributed by atoms with Crippen LogP contribution in [0.3, 0.4) is 0 Å². The van der Waals surface area contributed by atoms with E-state index in [9.17, 15) is 0 Å². The summed E-state index contributed by atoms with van der Waals surface area (Å²) in [6.45, 7) is 0. The largest absolute Gasteiger partial charge is 0.497 e. The van der Waals surface area contributed by atoms with Gasteiger partial charge in [0.25, 0.3) is 0 Å². The first-order valence-corrected chi connectivity index (χ1v) is 6.28. The van der Waals surface area contributed by atoms with Gasteiger partial charge in [0.2, 0.25) is 0 Å². The van der Waals surface area contributed by atoms with Gasteiger partial charge in [0.15, 0.2) is 4.34 Å². The zero-order valence-electron chi connectivity index (χ0n) is 7.94. The van der Waals surface area contributed by atoms with Crippen LogP contribution in [0.2, 0.25) is 5.15 Å². The van der Waals surface area contributed by atoms with Crippen LogP contribution in [0.15, 0.2) is 38.9 Å². The molecule has 5 heteroatoms. The van der Waals surface area contributed by atoms with Crippen LogP contribution in [0.4, 0.5) is 0 Å². The molecule has 0 bridgehead atoms. The van der Waals surface area contributed by atoms with Gasteiger partial charge in [0, 0.05) is 10.3 Å². The maximum atomic E-state index is 5.75. The Morgan fingerprint density at radius 2 is 2.33 bits per heavy atom. The van der Waals surface area contributed by atoms with Gasteiger partial charge in [-0.2, -0.15) is 0 Å². The van der Waals surface area contributed by atoms with E-state index in [-0.39, 0.29) is 0 Å². The Hall–Kier alpha value is -0.710. The molecule has 15 heavy (non-hydrogen) atoms. The molecular formula is C10H8ClNOS2. The van der Waals surface area contributed by atoms with E-state index >= 15 is 0 Å². The summed E-state index contributed by atoms with van der Waals surface area (Å²) in [6.07, 6.45) is 0. The van der Waals surface area contributed by atoms with Crippen LogP contribution in [0.5, 0.6) is 5.75 Å². The van der Waals surface area contributed by atoms with Crippen LogP contribution in [0.1, 0.15) is 0 Å². The summed E-state index contributed by atoms with van der Waals surface area (Å²) in [6, 6.07) is 7.86. The van der Waals surface area contributed by atoms with Crippen LogP contribution in [-0.4, -0.2) is 12.1 Å². The van der Waals surface area contributed by atoms with Crippen molar-refractivity contribution >= 4 is 34.7 Å². The standard InChI is InChI=1S/C10H8ClNOS2/c1-13-7-3-2-4-8(5-7)15-10-12-9(11)6-14-10/h2-6H,1H3. The average molecular weight is 258 g/mol. The van der Waals surface area contributed by atoms with Gasteiger partial charge in [0.05, 0.1) is 7.11 Å². The summed E-state index contributed by atoms with van der Waals surface area (Å²) in [5.41, 5.74) is 0. The zero-order valence-corrected chi connectivity index (χ0v) is 10.3. The van der Waals surface area contributed by atoms with Crippen LogP contribution in [0, 0.1) is 0 Å². The number of nitrogens with zero attached hydrogens (tertiary/aromatic N) is 1. The minimum absolute atomic E-state index is 0.547. The number of aromatic nitrogens is 1. The SMILES string of the molecule is COc1cccc(Sc2nc(Cl)cs2)c1. The summed E-state index contributed by atoms with van der Waals surface area (Å²) >= 11 is 8.86. The topological polar surface area (TPSA) is 22.1 Å². The lowest BCUT2D eigenvalue weighted by molar-refractivity contribution is 0.413. The molecule has 0 aliphatic rings. The number of hydrogen-bond donors (Lipinski definition) is 0. The van der Waals surface area contributed by atoms with Crippen molar-refractivity contribution in [2.24, 2.45) is 0 Å². The molecule has 2 aromatic rings. The Kier molecular flexibility index (Phi) is 3.51. The maximum Gasteiger partial charge on any atom is 0.156 e. The highest BCUT2D eigenvalue weighted by atomic mass is 35.5. The van der Waals surface area contributed by atoms with Gasteiger partial charge >= 0.3 is 0 Å². The molecule has 0 fully saturated rings. The second-order valence-electron chi connectivity index (χ2n) is 2.72. The highest BCUT2D eigenvalue weighted by molar-refractivity contribution is 8.01.